The van der Waals surface area contributed by atoms with Gasteiger partial charge >= 0.3 is 5.97 Å². The van der Waals surface area contributed by atoms with Gasteiger partial charge in [0, 0.05) is 12.6 Å². The van der Waals surface area contributed by atoms with Crippen LogP contribution >= 0.6 is 0 Å². The quantitative estimate of drug-likeness (QED) is 0.749. The zero-order valence-corrected chi connectivity index (χ0v) is 9.54. The topological polar surface area (TPSA) is 49.3 Å². The first kappa shape index (κ1) is 13.6. The first-order chi connectivity index (χ1) is 8.00. The van der Waals surface area contributed by atoms with Crippen LogP contribution in [0.4, 0.5) is 8.78 Å². The van der Waals surface area contributed by atoms with Gasteiger partial charge in [0.05, 0.1) is 5.92 Å². The van der Waals surface area contributed by atoms with Crippen molar-refractivity contribution in [2.45, 2.75) is 13.3 Å². The molecule has 1 rings (SSSR count). The van der Waals surface area contributed by atoms with E-state index in [0.29, 0.717) is 25.1 Å². The van der Waals surface area contributed by atoms with Crippen LogP contribution in [0.15, 0.2) is 18.2 Å². The maximum Gasteiger partial charge on any atom is 0.307 e. The van der Waals surface area contributed by atoms with Gasteiger partial charge in [0.15, 0.2) is 0 Å². The fourth-order valence-electron chi connectivity index (χ4n) is 1.35. The van der Waals surface area contributed by atoms with Gasteiger partial charge in [-0.1, -0.05) is 13.0 Å². The fraction of sp³-hybridized carbons (Fsp3) is 0.417. The second-order valence-electron chi connectivity index (χ2n) is 3.93. The van der Waals surface area contributed by atoms with E-state index in [1.165, 1.54) is 12.1 Å². The number of nitrogens with one attached hydrogen (secondary N) is 1. The van der Waals surface area contributed by atoms with Gasteiger partial charge in [-0.3, -0.25) is 4.79 Å². The number of halogens is 2. The molecule has 2 N–H and O–H groups in total. The van der Waals surface area contributed by atoms with E-state index in [0.717, 1.165) is 6.07 Å². The molecule has 3 nitrogen and oxygen atoms in total. The molecule has 17 heavy (non-hydrogen) atoms. The zero-order valence-electron chi connectivity index (χ0n) is 9.54. The van der Waals surface area contributed by atoms with Crippen molar-refractivity contribution in [1.82, 2.24) is 5.32 Å². The summed E-state index contributed by atoms with van der Waals surface area (Å²) in [6.07, 6.45) is 0.401. The van der Waals surface area contributed by atoms with Crippen molar-refractivity contribution in [3.63, 3.8) is 0 Å². The average molecular weight is 243 g/mol. The summed E-state index contributed by atoms with van der Waals surface area (Å²) in [5.74, 6) is -2.52. The van der Waals surface area contributed by atoms with Crippen LogP contribution in [0.1, 0.15) is 12.5 Å². The Hall–Kier alpha value is -1.49. The molecule has 0 saturated carbocycles. The Kier molecular flexibility index (Phi) is 5.03. The number of benzene rings is 1. The first-order valence-electron chi connectivity index (χ1n) is 5.38. The predicted molar refractivity (Wildman–Crippen MR) is 59.7 cm³/mol. The number of aliphatic carboxylic acids is 1. The molecule has 0 radical (unpaired) electrons. The lowest BCUT2D eigenvalue weighted by molar-refractivity contribution is -0.140. The second kappa shape index (κ2) is 6.30. The summed E-state index contributed by atoms with van der Waals surface area (Å²) in [5.41, 5.74) is 0.418. The molecule has 0 bridgehead atoms. The summed E-state index contributed by atoms with van der Waals surface area (Å²) in [7, 11) is 0. The van der Waals surface area contributed by atoms with E-state index in [4.69, 9.17) is 5.11 Å². The fourth-order valence-corrected chi connectivity index (χ4v) is 1.35. The Morgan fingerprint density at radius 2 is 2.18 bits per heavy atom. The molecule has 1 unspecified atom stereocenters. The Morgan fingerprint density at radius 3 is 2.76 bits per heavy atom. The molecule has 1 aromatic rings. The molecule has 0 amide bonds. The van der Waals surface area contributed by atoms with Crippen molar-refractivity contribution >= 4 is 5.97 Å². The Bertz CT molecular complexity index is 396. The molecule has 0 aliphatic carbocycles. The number of carboxylic acids is 1. The third-order valence-corrected chi connectivity index (χ3v) is 2.46. The second-order valence-corrected chi connectivity index (χ2v) is 3.93. The first-order valence-corrected chi connectivity index (χ1v) is 5.38. The maximum absolute atomic E-state index is 13.2. The molecule has 0 aliphatic heterocycles. The van der Waals surface area contributed by atoms with Crippen LogP contribution in [0, 0.1) is 17.6 Å². The largest absolute Gasteiger partial charge is 0.481 e. The standard InChI is InChI=1S/C12H15F2NO2/c1-8(12(16)17)7-15-5-4-9-2-3-10(13)6-11(9)14/h2-3,6,8,15H,4-5,7H2,1H3,(H,16,17). The minimum Gasteiger partial charge on any atom is -0.481 e. The summed E-state index contributed by atoms with van der Waals surface area (Å²) in [4.78, 5) is 10.5. The van der Waals surface area contributed by atoms with E-state index in [1.807, 2.05) is 0 Å². The molecule has 0 saturated heterocycles. The highest BCUT2D eigenvalue weighted by molar-refractivity contribution is 5.69. The molecular formula is C12H15F2NO2. The highest BCUT2D eigenvalue weighted by Gasteiger charge is 2.09. The van der Waals surface area contributed by atoms with Gasteiger partial charge < -0.3 is 10.4 Å². The van der Waals surface area contributed by atoms with Gasteiger partial charge in [0.25, 0.3) is 0 Å². The Labute approximate surface area is 98.5 Å². The van der Waals surface area contributed by atoms with Gasteiger partial charge in [-0.2, -0.15) is 0 Å². The summed E-state index contributed by atoms with van der Waals surface area (Å²) in [6, 6.07) is 3.44. The van der Waals surface area contributed by atoms with E-state index >= 15 is 0 Å². The van der Waals surface area contributed by atoms with Crippen LogP contribution in [-0.2, 0) is 11.2 Å². The van der Waals surface area contributed by atoms with Crippen LogP contribution in [0.25, 0.3) is 0 Å². The molecule has 1 aromatic carbocycles. The third kappa shape index (κ3) is 4.48. The molecular weight excluding hydrogens is 228 g/mol. The third-order valence-electron chi connectivity index (χ3n) is 2.46. The summed E-state index contributed by atoms with van der Waals surface area (Å²) in [6.45, 7) is 2.38. The minimum absolute atomic E-state index is 0.331. The smallest absolute Gasteiger partial charge is 0.307 e. The lowest BCUT2D eigenvalue weighted by Gasteiger charge is -2.08. The number of hydrogen-bond acceptors (Lipinski definition) is 2. The van der Waals surface area contributed by atoms with E-state index in [2.05, 4.69) is 5.32 Å². The number of rotatable bonds is 6. The molecule has 0 fully saturated rings. The van der Waals surface area contributed by atoms with Gasteiger partial charge in [-0.05, 0) is 24.6 Å². The normalized spacial score (nSPS) is 12.4. The van der Waals surface area contributed by atoms with Crippen LogP contribution < -0.4 is 5.32 Å². The van der Waals surface area contributed by atoms with E-state index in [-0.39, 0.29) is 0 Å². The predicted octanol–water partition coefficient (Wildman–Crippen LogP) is 1.82. The van der Waals surface area contributed by atoms with Crippen LogP contribution in [0.2, 0.25) is 0 Å². The van der Waals surface area contributed by atoms with E-state index in [1.54, 1.807) is 6.92 Å². The van der Waals surface area contributed by atoms with Crippen molar-refractivity contribution in [2.75, 3.05) is 13.1 Å². The van der Waals surface area contributed by atoms with Crippen molar-refractivity contribution in [3.05, 3.63) is 35.4 Å². The number of carboxylic acid groups (broad SMARTS) is 1. The SMILES string of the molecule is CC(CNCCc1ccc(F)cc1F)C(=O)O. The molecule has 94 valence electrons. The molecule has 0 heterocycles. The monoisotopic (exact) mass is 243 g/mol. The van der Waals surface area contributed by atoms with E-state index < -0.39 is 23.5 Å². The Balaban J connectivity index is 2.34. The van der Waals surface area contributed by atoms with Gasteiger partial charge in [-0.15, -0.1) is 0 Å². The highest BCUT2D eigenvalue weighted by atomic mass is 19.1. The number of hydrogen-bond donors (Lipinski definition) is 2. The molecule has 5 heteroatoms. The van der Waals surface area contributed by atoms with Gasteiger partial charge in [0.2, 0.25) is 0 Å². The van der Waals surface area contributed by atoms with E-state index in [9.17, 15) is 13.6 Å². The van der Waals surface area contributed by atoms with Crippen LogP contribution in [0.5, 0.6) is 0 Å². The molecule has 0 aliphatic rings. The van der Waals surface area contributed by atoms with Crippen molar-refractivity contribution < 1.29 is 18.7 Å². The zero-order chi connectivity index (χ0) is 12.8. The Morgan fingerprint density at radius 1 is 1.47 bits per heavy atom. The van der Waals surface area contributed by atoms with Gasteiger partial charge in [-0.25, -0.2) is 8.78 Å². The molecule has 0 aromatic heterocycles. The summed E-state index contributed by atoms with van der Waals surface area (Å²) < 4.78 is 25.8. The lowest BCUT2D eigenvalue weighted by atomic mass is 10.1. The molecule has 1 atom stereocenters. The van der Waals surface area contributed by atoms with Crippen molar-refractivity contribution in [2.24, 2.45) is 5.92 Å². The van der Waals surface area contributed by atoms with Gasteiger partial charge in [0.1, 0.15) is 11.6 Å². The average Bonchev–Trinajstić information content (AvgIpc) is 2.26. The van der Waals surface area contributed by atoms with Crippen LogP contribution in [0.3, 0.4) is 0 Å². The minimum atomic E-state index is -0.870. The van der Waals surface area contributed by atoms with Crippen molar-refractivity contribution in [1.29, 1.82) is 0 Å². The van der Waals surface area contributed by atoms with Crippen molar-refractivity contribution in [3.8, 4) is 0 Å². The summed E-state index contributed by atoms with van der Waals surface area (Å²) >= 11 is 0. The highest BCUT2D eigenvalue weighted by Crippen LogP contribution is 2.09. The van der Waals surface area contributed by atoms with Crippen LogP contribution in [-0.4, -0.2) is 24.2 Å². The molecule has 0 spiro atoms. The summed E-state index contributed by atoms with van der Waals surface area (Å²) in [5, 5.41) is 11.5. The maximum atomic E-state index is 13.2. The number of carbonyl (C=O) groups is 1. The lowest BCUT2D eigenvalue weighted by Crippen LogP contribution is -2.28.